The monoisotopic (exact) mass is 314 g/mol. The number of benzene rings is 1. The van der Waals surface area contributed by atoms with Gasteiger partial charge in [-0.3, -0.25) is 4.99 Å². The molecule has 1 aliphatic rings. The Morgan fingerprint density at radius 3 is 2.87 bits per heavy atom. The quantitative estimate of drug-likeness (QED) is 0.825. The molecule has 4 nitrogen and oxygen atoms in total. The van der Waals surface area contributed by atoms with Crippen LogP contribution in [0, 0.1) is 0 Å². The lowest BCUT2D eigenvalue weighted by Gasteiger charge is -2.14. The van der Waals surface area contributed by atoms with Crippen molar-refractivity contribution in [2.75, 3.05) is 12.4 Å². The predicted molar refractivity (Wildman–Crippen MR) is 71.1 cm³/mol. The number of rotatable bonds is 2. The molecule has 0 saturated heterocycles. The zero-order valence-electron chi connectivity index (χ0n) is 8.24. The molecule has 0 bridgehead atoms. The topological polar surface area (TPSA) is 48.8 Å². The zero-order chi connectivity index (χ0) is 10.5. The van der Waals surface area contributed by atoms with Crippen LogP contribution in [-0.2, 0) is 0 Å². The summed E-state index contributed by atoms with van der Waals surface area (Å²) in [5.41, 5.74) is 1.07. The molecule has 0 fully saturated rings. The molecule has 1 aromatic carbocycles. The lowest BCUT2D eigenvalue weighted by molar-refractivity contribution is 1.10. The van der Waals surface area contributed by atoms with Gasteiger partial charge in [0.25, 0.3) is 0 Å². The van der Waals surface area contributed by atoms with Crippen molar-refractivity contribution >= 4 is 32.7 Å². The van der Waals surface area contributed by atoms with Gasteiger partial charge in [0.05, 0.1) is 0 Å². The molecule has 1 aromatic rings. The molecule has 15 heavy (non-hydrogen) atoms. The Morgan fingerprint density at radius 1 is 1.33 bits per heavy atom. The van der Waals surface area contributed by atoms with Crippen molar-refractivity contribution in [3.8, 4) is 0 Å². The standard InChI is InChI=1S/C10H11IN4/c1-12-10-14-9(7-11-15-10)13-8-5-3-2-4-6-8/h2-7H,1H3,(H2,12,13,14,15). The third-order valence-corrected chi connectivity index (χ3v) is 3.43. The van der Waals surface area contributed by atoms with E-state index in [0.29, 0.717) is 5.96 Å². The van der Waals surface area contributed by atoms with Gasteiger partial charge in [0.1, 0.15) is 5.82 Å². The first kappa shape index (κ1) is 10.3. The molecule has 78 valence electrons. The zero-order valence-corrected chi connectivity index (χ0v) is 10.4. The number of hydrogen-bond acceptors (Lipinski definition) is 2. The van der Waals surface area contributed by atoms with E-state index < -0.39 is 0 Å². The summed E-state index contributed by atoms with van der Waals surface area (Å²) in [5, 5.41) is 6.39. The van der Waals surface area contributed by atoms with Crippen LogP contribution in [0.25, 0.3) is 0 Å². The Hall–Kier alpha value is -1.24. The minimum absolute atomic E-state index is 0.263. The highest BCUT2D eigenvalue weighted by Crippen LogP contribution is 2.15. The molecule has 0 unspecified atom stereocenters. The highest BCUT2D eigenvalue weighted by atomic mass is 127. The van der Waals surface area contributed by atoms with Crippen molar-refractivity contribution in [2.45, 2.75) is 0 Å². The molecule has 1 aliphatic heterocycles. The summed E-state index contributed by atoms with van der Waals surface area (Å²) < 4.78 is 6.37. The van der Waals surface area contributed by atoms with Gasteiger partial charge in [-0.05, 0) is 12.1 Å². The summed E-state index contributed by atoms with van der Waals surface area (Å²) in [4.78, 5) is 4.02. The predicted octanol–water partition coefficient (Wildman–Crippen LogP) is 2.64. The fourth-order valence-electron chi connectivity index (χ4n) is 1.12. The number of nitrogens with one attached hydrogen (secondary N) is 2. The maximum atomic E-state index is 4.27. The first-order valence-corrected chi connectivity index (χ1v) is 6.69. The van der Waals surface area contributed by atoms with E-state index in [9.17, 15) is 0 Å². The minimum atomic E-state index is -0.263. The summed E-state index contributed by atoms with van der Waals surface area (Å²) in [6, 6.07) is 10.0. The Kier molecular flexibility index (Phi) is 3.44. The van der Waals surface area contributed by atoms with Crippen LogP contribution >= 0.6 is 21.0 Å². The highest BCUT2D eigenvalue weighted by molar-refractivity contribution is 14.2. The molecule has 0 amide bonds. The lowest BCUT2D eigenvalue weighted by Crippen LogP contribution is -2.26. The van der Waals surface area contributed by atoms with Crippen LogP contribution in [0.3, 0.4) is 0 Å². The number of para-hydroxylation sites is 1. The molecule has 0 spiro atoms. The van der Waals surface area contributed by atoms with Crippen molar-refractivity contribution in [3.63, 3.8) is 0 Å². The van der Waals surface area contributed by atoms with E-state index in [1.165, 1.54) is 0 Å². The van der Waals surface area contributed by atoms with Gasteiger partial charge in [-0.2, -0.15) is 3.15 Å². The number of anilines is 1. The summed E-state index contributed by atoms with van der Waals surface area (Å²) >= 11 is -0.263. The van der Waals surface area contributed by atoms with Crippen molar-refractivity contribution in [3.05, 3.63) is 40.2 Å². The highest BCUT2D eigenvalue weighted by Gasteiger charge is 2.04. The minimum Gasteiger partial charge on any atom is -0.341 e. The van der Waals surface area contributed by atoms with Crippen LogP contribution in [0.5, 0.6) is 0 Å². The third kappa shape index (κ3) is 2.85. The fourth-order valence-corrected chi connectivity index (χ4v) is 2.45. The maximum absolute atomic E-state index is 4.27. The second-order valence-electron chi connectivity index (χ2n) is 2.87. The molecule has 2 rings (SSSR count). The van der Waals surface area contributed by atoms with Crippen LogP contribution < -0.4 is 10.6 Å². The van der Waals surface area contributed by atoms with Crippen molar-refractivity contribution in [1.29, 1.82) is 0 Å². The molecule has 5 heteroatoms. The second kappa shape index (κ2) is 5.01. The normalized spacial score (nSPS) is 17.7. The lowest BCUT2D eigenvalue weighted by atomic mass is 10.3. The number of hydrogen-bond donors (Lipinski definition) is 2. The largest absolute Gasteiger partial charge is 0.341 e. The molecule has 2 N–H and O–H groups in total. The molecular weight excluding hydrogens is 303 g/mol. The first-order chi connectivity index (χ1) is 7.38. The summed E-state index contributed by atoms with van der Waals surface area (Å²) in [6.45, 7) is 0. The molecule has 0 atom stereocenters. The van der Waals surface area contributed by atoms with Crippen LogP contribution in [0.1, 0.15) is 0 Å². The van der Waals surface area contributed by atoms with E-state index in [2.05, 4.69) is 22.9 Å². The van der Waals surface area contributed by atoms with Gasteiger partial charge in [0, 0.05) is 37.9 Å². The van der Waals surface area contributed by atoms with Gasteiger partial charge in [-0.1, -0.05) is 18.2 Å². The smallest absolute Gasteiger partial charge is 0.228 e. The van der Waals surface area contributed by atoms with Crippen LogP contribution in [0.4, 0.5) is 5.69 Å². The number of halogens is 1. The molecule has 1 heterocycles. The second-order valence-corrected chi connectivity index (χ2v) is 4.53. The summed E-state index contributed by atoms with van der Waals surface area (Å²) in [6.07, 6.45) is 0. The maximum Gasteiger partial charge on any atom is 0.228 e. The Bertz CT molecular complexity index is 422. The van der Waals surface area contributed by atoms with Crippen LogP contribution in [0.15, 0.2) is 48.4 Å². The summed E-state index contributed by atoms with van der Waals surface area (Å²) in [7, 11) is 1.74. The van der Waals surface area contributed by atoms with E-state index >= 15 is 0 Å². The van der Waals surface area contributed by atoms with Crippen molar-refractivity contribution in [1.82, 2.24) is 5.32 Å². The van der Waals surface area contributed by atoms with Gasteiger partial charge in [-0.15, -0.1) is 0 Å². The molecular formula is C10H11IN4. The number of aliphatic imine (C=N–C) groups is 1. The number of nitrogens with zero attached hydrogens (tertiary/aromatic N) is 2. The SMILES string of the molecule is CN=C1N=IC=C(Nc2ccccc2)N1. The van der Waals surface area contributed by atoms with E-state index in [0.717, 1.165) is 11.5 Å². The van der Waals surface area contributed by atoms with Gasteiger partial charge < -0.3 is 10.6 Å². The van der Waals surface area contributed by atoms with E-state index in [4.69, 9.17) is 0 Å². The molecule has 0 radical (unpaired) electrons. The average molecular weight is 314 g/mol. The van der Waals surface area contributed by atoms with E-state index in [1.807, 2.05) is 30.3 Å². The number of guanidine groups is 1. The van der Waals surface area contributed by atoms with Gasteiger partial charge in [0.15, 0.2) is 0 Å². The Balaban J connectivity index is 2.08. The van der Waals surface area contributed by atoms with E-state index in [1.54, 1.807) is 7.05 Å². The molecule has 0 aromatic heterocycles. The Morgan fingerprint density at radius 2 is 2.13 bits per heavy atom. The Labute approximate surface area is 98.7 Å². The molecule has 0 saturated carbocycles. The van der Waals surface area contributed by atoms with Crippen molar-refractivity contribution < 1.29 is 0 Å². The summed E-state index contributed by atoms with van der Waals surface area (Å²) in [5.74, 6) is 1.69. The molecule has 0 aliphatic carbocycles. The average Bonchev–Trinajstić information content (AvgIpc) is 2.31. The third-order valence-electron chi connectivity index (χ3n) is 1.80. The fraction of sp³-hybridized carbons (Fsp3) is 0.100. The van der Waals surface area contributed by atoms with Gasteiger partial charge in [0.2, 0.25) is 5.96 Å². The van der Waals surface area contributed by atoms with Crippen molar-refractivity contribution in [2.24, 2.45) is 8.14 Å². The van der Waals surface area contributed by atoms with Gasteiger partial charge >= 0.3 is 0 Å². The first-order valence-electron chi connectivity index (χ1n) is 4.48. The van der Waals surface area contributed by atoms with E-state index in [-0.39, 0.29) is 21.0 Å². The van der Waals surface area contributed by atoms with Crippen LogP contribution in [-0.4, -0.2) is 13.0 Å². The van der Waals surface area contributed by atoms with Gasteiger partial charge in [-0.25, -0.2) is 0 Å². The van der Waals surface area contributed by atoms with Crippen LogP contribution in [0.2, 0.25) is 0 Å².